The lowest BCUT2D eigenvalue weighted by Gasteiger charge is -2.11. The molecule has 0 aliphatic rings. The van der Waals surface area contributed by atoms with Crippen LogP contribution in [0.15, 0.2) is 42.5 Å². The second-order valence-electron chi connectivity index (χ2n) is 3.91. The number of hydrogen-bond acceptors (Lipinski definition) is 2. The molecule has 2 rings (SSSR count). The number of nitrogens with one attached hydrogen (secondary N) is 1. The molecule has 0 bridgehead atoms. The smallest absolute Gasteiger partial charge is 0.339 e. The average molecular weight is 296 g/mol. The summed E-state index contributed by atoms with van der Waals surface area (Å²) in [6.45, 7) is 0.431. The van der Waals surface area contributed by atoms with Crippen molar-refractivity contribution in [3.05, 3.63) is 63.6 Å². The second-order valence-corrected chi connectivity index (χ2v) is 4.73. The summed E-state index contributed by atoms with van der Waals surface area (Å²) in [5, 5.41) is 13.0. The number of rotatable bonds is 4. The Hall–Kier alpha value is -1.71. The summed E-state index contributed by atoms with van der Waals surface area (Å²) in [4.78, 5) is 11.2. The zero-order valence-corrected chi connectivity index (χ0v) is 11.4. The fraction of sp³-hybridized carbons (Fsp3) is 0.0714. The van der Waals surface area contributed by atoms with Gasteiger partial charge in [0.15, 0.2) is 0 Å². The summed E-state index contributed by atoms with van der Waals surface area (Å²) >= 11 is 11.9. The van der Waals surface area contributed by atoms with Gasteiger partial charge in [0.2, 0.25) is 0 Å². The first-order valence-electron chi connectivity index (χ1n) is 5.58. The van der Waals surface area contributed by atoms with Crippen LogP contribution < -0.4 is 5.32 Å². The number of benzene rings is 2. The third-order valence-corrected chi connectivity index (χ3v) is 3.34. The summed E-state index contributed by atoms with van der Waals surface area (Å²) in [5.74, 6) is -1.06. The Kier molecular flexibility index (Phi) is 4.30. The highest BCUT2D eigenvalue weighted by Gasteiger charge is 2.14. The van der Waals surface area contributed by atoms with Gasteiger partial charge in [0.05, 0.1) is 10.7 Å². The van der Waals surface area contributed by atoms with E-state index in [1.165, 1.54) is 0 Å². The summed E-state index contributed by atoms with van der Waals surface area (Å²) in [6, 6.07) is 12.3. The molecule has 0 fully saturated rings. The van der Waals surface area contributed by atoms with Crippen molar-refractivity contribution in [2.45, 2.75) is 6.54 Å². The van der Waals surface area contributed by atoms with Crippen molar-refractivity contribution >= 4 is 34.9 Å². The van der Waals surface area contributed by atoms with E-state index in [-0.39, 0.29) is 10.6 Å². The van der Waals surface area contributed by atoms with Gasteiger partial charge in [0.25, 0.3) is 0 Å². The quantitative estimate of drug-likeness (QED) is 0.884. The molecular weight excluding hydrogens is 285 g/mol. The molecule has 2 aromatic carbocycles. The van der Waals surface area contributed by atoms with Gasteiger partial charge in [-0.1, -0.05) is 47.5 Å². The number of aromatic carboxylic acids is 1. The Labute approximate surface area is 120 Å². The third kappa shape index (κ3) is 3.19. The SMILES string of the molecule is O=C(O)c1c(Cl)cccc1NCc1ccccc1Cl. The maximum Gasteiger partial charge on any atom is 0.339 e. The van der Waals surface area contributed by atoms with Crippen LogP contribution in [0.5, 0.6) is 0 Å². The fourth-order valence-corrected chi connectivity index (χ4v) is 2.18. The van der Waals surface area contributed by atoms with Crippen molar-refractivity contribution in [2.75, 3.05) is 5.32 Å². The van der Waals surface area contributed by atoms with E-state index in [9.17, 15) is 4.79 Å². The molecule has 0 aliphatic heterocycles. The van der Waals surface area contributed by atoms with Crippen molar-refractivity contribution in [2.24, 2.45) is 0 Å². The van der Waals surface area contributed by atoms with Gasteiger partial charge in [-0.3, -0.25) is 0 Å². The van der Waals surface area contributed by atoms with E-state index in [0.29, 0.717) is 17.3 Å². The first kappa shape index (κ1) is 13.7. The molecular formula is C14H11Cl2NO2. The summed E-state index contributed by atoms with van der Waals surface area (Å²) < 4.78 is 0. The highest BCUT2D eigenvalue weighted by atomic mass is 35.5. The molecule has 19 heavy (non-hydrogen) atoms. The molecule has 0 saturated carbocycles. The molecule has 0 radical (unpaired) electrons. The third-order valence-electron chi connectivity index (χ3n) is 2.65. The molecule has 0 aromatic heterocycles. The highest BCUT2D eigenvalue weighted by Crippen LogP contribution is 2.25. The average Bonchev–Trinajstić information content (AvgIpc) is 2.37. The predicted octanol–water partition coefficient (Wildman–Crippen LogP) is 4.30. The molecule has 2 aromatic rings. The normalized spacial score (nSPS) is 10.2. The predicted molar refractivity (Wildman–Crippen MR) is 77.2 cm³/mol. The molecule has 2 N–H and O–H groups in total. The number of carboxylic acid groups (broad SMARTS) is 1. The second kappa shape index (κ2) is 5.95. The van der Waals surface area contributed by atoms with Gasteiger partial charge in [0.1, 0.15) is 5.56 Å². The zero-order chi connectivity index (χ0) is 13.8. The minimum absolute atomic E-state index is 0.0659. The van der Waals surface area contributed by atoms with E-state index in [1.54, 1.807) is 24.3 Å². The Balaban J connectivity index is 2.23. The number of hydrogen-bond donors (Lipinski definition) is 2. The lowest BCUT2D eigenvalue weighted by atomic mass is 10.1. The standard InChI is InChI=1S/C14H11Cl2NO2/c15-10-5-2-1-4-9(10)8-17-12-7-3-6-11(16)13(12)14(18)19/h1-7,17H,8H2,(H,18,19). The molecule has 98 valence electrons. The molecule has 0 aliphatic carbocycles. The lowest BCUT2D eigenvalue weighted by Crippen LogP contribution is -2.07. The van der Waals surface area contributed by atoms with Gasteiger partial charge in [-0.15, -0.1) is 0 Å². The van der Waals surface area contributed by atoms with E-state index >= 15 is 0 Å². The van der Waals surface area contributed by atoms with Crippen molar-refractivity contribution in [1.82, 2.24) is 0 Å². The minimum atomic E-state index is -1.06. The van der Waals surface area contributed by atoms with Gasteiger partial charge in [0, 0.05) is 11.6 Å². The highest BCUT2D eigenvalue weighted by molar-refractivity contribution is 6.34. The van der Waals surface area contributed by atoms with E-state index < -0.39 is 5.97 Å². The number of anilines is 1. The van der Waals surface area contributed by atoms with Gasteiger partial charge in [-0.25, -0.2) is 4.79 Å². The largest absolute Gasteiger partial charge is 0.478 e. The van der Waals surface area contributed by atoms with E-state index in [0.717, 1.165) is 5.56 Å². The van der Waals surface area contributed by atoms with E-state index in [1.807, 2.05) is 18.2 Å². The number of carboxylic acids is 1. The van der Waals surface area contributed by atoms with Crippen LogP contribution in [0.2, 0.25) is 10.0 Å². The van der Waals surface area contributed by atoms with Gasteiger partial charge >= 0.3 is 5.97 Å². The summed E-state index contributed by atoms with van der Waals surface area (Å²) in [5.41, 5.74) is 1.43. The van der Waals surface area contributed by atoms with Crippen molar-refractivity contribution in [3.63, 3.8) is 0 Å². The van der Waals surface area contributed by atoms with Crippen LogP contribution in [0.3, 0.4) is 0 Å². The Bertz CT molecular complexity index is 614. The molecule has 5 heteroatoms. The maximum absolute atomic E-state index is 11.2. The molecule has 0 atom stereocenters. The topological polar surface area (TPSA) is 49.3 Å². The summed E-state index contributed by atoms with van der Waals surface area (Å²) in [7, 11) is 0. The Morgan fingerprint density at radius 1 is 1.05 bits per heavy atom. The van der Waals surface area contributed by atoms with Crippen LogP contribution in [0, 0.1) is 0 Å². The molecule has 0 spiro atoms. The monoisotopic (exact) mass is 295 g/mol. The van der Waals surface area contributed by atoms with Crippen LogP contribution in [0.4, 0.5) is 5.69 Å². The van der Waals surface area contributed by atoms with Gasteiger partial charge < -0.3 is 10.4 Å². The minimum Gasteiger partial charge on any atom is -0.478 e. The van der Waals surface area contributed by atoms with Crippen molar-refractivity contribution < 1.29 is 9.90 Å². The number of carbonyl (C=O) groups is 1. The van der Waals surface area contributed by atoms with Crippen molar-refractivity contribution in [3.8, 4) is 0 Å². The van der Waals surface area contributed by atoms with E-state index in [2.05, 4.69) is 5.32 Å². The van der Waals surface area contributed by atoms with Gasteiger partial charge in [-0.05, 0) is 23.8 Å². The molecule has 0 heterocycles. The van der Waals surface area contributed by atoms with E-state index in [4.69, 9.17) is 28.3 Å². The molecule has 0 amide bonds. The Morgan fingerprint density at radius 3 is 2.42 bits per heavy atom. The molecule has 0 saturated heterocycles. The van der Waals surface area contributed by atoms with Crippen molar-refractivity contribution in [1.29, 1.82) is 0 Å². The Morgan fingerprint density at radius 2 is 1.74 bits per heavy atom. The van der Waals surface area contributed by atoms with Crippen LogP contribution in [-0.4, -0.2) is 11.1 Å². The van der Waals surface area contributed by atoms with Crippen LogP contribution in [0.25, 0.3) is 0 Å². The first-order valence-corrected chi connectivity index (χ1v) is 6.34. The van der Waals surface area contributed by atoms with Crippen LogP contribution >= 0.6 is 23.2 Å². The fourth-order valence-electron chi connectivity index (χ4n) is 1.72. The lowest BCUT2D eigenvalue weighted by molar-refractivity contribution is 0.0698. The first-order chi connectivity index (χ1) is 9.09. The molecule has 3 nitrogen and oxygen atoms in total. The van der Waals surface area contributed by atoms with Crippen LogP contribution in [0.1, 0.15) is 15.9 Å². The van der Waals surface area contributed by atoms with Crippen LogP contribution in [-0.2, 0) is 6.54 Å². The van der Waals surface area contributed by atoms with Gasteiger partial charge in [-0.2, -0.15) is 0 Å². The molecule has 0 unspecified atom stereocenters. The summed E-state index contributed by atoms with van der Waals surface area (Å²) in [6.07, 6.45) is 0. The number of halogens is 2. The maximum atomic E-state index is 11.2. The zero-order valence-electron chi connectivity index (χ0n) is 9.86.